The summed E-state index contributed by atoms with van der Waals surface area (Å²) in [5.41, 5.74) is 3.95. The Hall–Kier alpha value is -2.22. The van der Waals surface area contributed by atoms with Crippen LogP contribution in [0.4, 0.5) is 5.69 Å². The molecule has 0 bridgehead atoms. The quantitative estimate of drug-likeness (QED) is 0.0289. The van der Waals surface area contributed by atoms with E-state index in [4.69, 9.17) is 0 Å². The van der Waals surface area contributed by atoms with Crippen LogP contribution in [0.2, 0.25) is 0 Å². The van der Waals surface area contributed by atoms with Crippen LogP contribution in [0.5, 0.6) is 0 Å². The molecule has 0 unspecified atom stereocenters. The molecule has 1 aromatic heterocycles. The van der Waals surface area contributed by atoms with Gasteiger partial charge in [0.05, 0.1) is 6.61 Å². The number of aromatic nitrogens is 1. The van der Waals surface area contributed by atoms with Crippen molar-refractivity contribution in [2.24, 2.45) is 0 Å². The van der Waals surface area contributed by atoms with Crippen molar-refractivity contribution in [3.8, 4) is 0 Å². The number of benzene rings is 1. The number of nitrogens with zero attached hydrogens (tertiary/aromatic N) is 2. The summed E-state index contributed by atoms with van der Waals surface area (Å²) in [6.07, 6.45) is 54.7. The van der Waals surface area contributed by atoms with Crippen molar-refractivity contribution >= 4 is 28.2 Å². The predicted octanol–water partition coefficient (Wildman–Crippen LogP) is 16.0. The van der Waals surface area contributed by atoms with E-state index in [0.717, 1.165) is 6.54 Å². The molecule has 0 fully saturated rings. The molecule has 0 aliphatic carbocycles. The smallest absolute Gasteiger partial charge is 0.217 e. The summed E-state index contributed by atoms with van der Waals surface area (Å²) in [5.74, 6) is 0. The van der Waals surface area contributed by atoms with Crippen LogP contribution in [0.25, 0.3) is 12.2 Å². The number of aryl methyl sites for hydroxylation is 1. The van der Waals surface area contributed by atoms with Crippen LogP contribution in [0.1, 0.15) is 244 Å². The van der Waals surface area contributed by atoms with Crippen LogP contribution >= 0.6 is 0 Å². The van der Waals surface area contributed by atoms with Gasteiger partial charge in [0.2, 0.25) is 10.4 Å². The van der Waals surface area contributed by atoms with Crippen LogP contribution in [-0.4, -0.2) is 32.7 Å². The van der Waals surface area contributed by atoms with E-state index in [1.165, 1.54) is 242 Å². The van der Waals surface area contributed by atoms with E-state index in [2.05, 4.69) is 95.4 Å². The van der Waals surface area contributed by atoms with Gasteiger partial charge in [-0.25, -0.2) is 13.0 Å². The first-order valence-corrected chi connectivity index (χ1v) is 26.8. The summed E-state index contributed by atoms with van der Waals surface area (Å²) in [6, 6.07) is 13.8. The van der Waals surface area contributed by atoms with Gasteiger partial charge in [0, 0.05) is 30.9 Å². The lowest BCUT2D eigenvalue weighted by atomic mass is 10.0. The second-order valence-corrected chi connectivity index (χ2v) is 18.3. The molecule has 60 heavy (non-hydrogen) atoms. The highest BCUT2D eigenvalue weighted by Gasteiger charge is 2.07. The molecule has 6 nitrogen and oxygen atoms in total. The van der Waals surface area contributed by atoms with Crippen molar-refractivity contribution in [3.05, 3.63) is 59.9 Å². The van der Waals surface area contributed by atoms with Gasteiger partial charge in [-0.15, -0.1) is 0 Å². The Morgan fingerprint density at radius 2 is 0.767 bits per heavy atom. The van der Waals surface area contributed by atoms with E-state index >= 15 is 0 Å². The van der Waals surface area contributed by atoms with Crippen molar-refractivity contribution in [1.82, 2.24) is 0 Å². The minimum absolute atomic E-state index is 0.0914. The Morgan fingerprint density at radius 1 is 0.467 bits per heavy atom. The number of hydrogen-bond acceptors (Lipinski definition) is 5. The summed E-state index contributed by atoms with van der Waals surface area (Å²) in [4.78, 5) is 2.70. The average Bonchev–Trinajstić information content (AvgIpc) is 3.24. The Labute approximate surface area is 372 Å². The van der Waals surface area contributed by atoms with Crippen LogP contribution in [-0.2, 0) is 21.1 Å². The lowest BCUT2D eigenvalue weighted by Gasteiger charge is -2.25. The molecule has 1 aromatic carbocycles. The fraction of sp³-hybridized carbons (Fsp3) is 0.755. The van der Waals surface area contributed by atoms with Crippen LogP contribution in [0.3, 0.4) is 0 Å². The largest absolute Gasteiger partial charge is 0.726 e. The maximum absolute atomic E-state index is 9.45. The topological polar surface area (TPSA) is 73.5 Å². The van der Waals surface area contributed by atoms with E-state index in [-0.39, 0.29) is 6.61 Å². The Kier molecular flexibility index (Phi) is 38.0. The zero-order chi connectivity index (χ0) is 43.6. The Bertz CT molecular complexity index is 1290. The summed E-state index contributed by atoms with van der Waals surface area (Å²) < 4.78 is 34.2. The lowest BCUT2D eigenvalue weighted by molar-refractivity contribution is -0.693. The van der Waals surface area contributed by atoms with E-state index in [0.29, 0.717) is 0 Å². The fourth-order valence-corrected chi connectivity index (χ4v) is 8.28. The van der Waals surface area contributed by atoms with Crippen molar-refractivity contribution < 1.29 is 21.7 Å². The van der Waals surface area contributed by atoms with E-state index < -0.39 is 10.4 Å². The molecular formula is C53H94N2O4S. The Morgan fingerprint density at radius 3 is 1.03 bits per heavy atom. The average molecular weight is 855 g/mol. The third-order valence-electron chi connectivity index (χ3n) is 11.8. The molecule has 1 heterocycles. The van der Waals surface area contributed by atoms with E-state index in [9.17, 15) is 13.0 Å². The summed E-state index contributed by atoms with van der Waals surface area (Å²) in [5, 5.41) is 0. The fourth-order valence-electron chi connectivity index (χ4n) is 8.00. The molecule has 346 valence electrons. The van der Waals surface area contributed by atoms with Crippen molar-refractivity contribution in [2.45, 2.75) is 240 Å². The number of anilines is 1. The van der Waals surface area contributed by atoms with Gasteiger partial charge in [-0.3, -0.25) is 4.18 Å². The molecule has 2 aromatic rings. The van der Waals surface area contributed by atoms with Crippen molar-refractivity contribution in [1.29, 1.82) is 0 Å². The summed E-state index contributed by atoms with van der Waals surface area (Å²) in [7, 11) is -4.42. The normalized spacial score (nSPS) is 11.6. The standard InChI is InChI=1S/C51H89N2.C2H6O4S/c1-4-7-9-11-13-15-17-19-21-23-25-27-29-31-33-35-45-53(46-36-34-32-30-28-26-24-22-20-18-16-14-12-10-8-5-2)51-41-39-49(40-42-51)37-38-50-43-47-52(6-3)48-44-50;1-2-6-7(3,4)5/h37-44,47-48H,4-36,45-46H2,1-3H3;2H2,1H3,(H,3,4,5)/q+1;/p-1. The maximum atomic E-state index is 9.45. The lowest BCUT2D eigenvalue weighted by Crippen LogP contribution is -2.30. The highest BCUT2D eigenvalue weighted by molar-refractivity contribution is 7.80. The second kappa shape index (κ2) is 40.8. The number of hydrogen-bond donors (Lipinski definition) is 0. The van der Waals surface area contributed by atoms with Gasteiger partial charge in [0.25, 0.3) is 0 Å². The van der Waals surface area contributed by atoms with Crippen LogP contribution in [0.15, 0.2) is 48.8 Å². The molecule has 0 spiro atoms. The molecule has 0 aliphatic rings. The van der Waals surface area contributed by atoms with Crippen LogP contribution in [0, 0.1) is 0 Å². The molecule has 0 saturated heterocycles. The number of pyridine rings is 1. The molecule has 0 N–H and O–H groups in total. The molecule has 0 radical (unpaired) electrons. The van der Waals surface area contributed by atoms with Gasteiger partial charge >= 0.3 is 0 Å². The van der Waals surface area contributed by atoms with Gasteiger partial charge in [-0.05, 0) is 49.9 Å². The molecule has 0 saturated carbocycles. The van der Waals surface area contributed by atoms with Crippen molar-refractivity contribution in [3.63, 3.8) is 0 Å². The first kappa shape index (κ1) is 55.8. The SMILES string of the molecule is CCCCCCCCCCCCCCCCCCN(CCCCCCCCCCCCCCCCCC)c1ccc(/C=C/c2cc[n+](CC)cc2)cc1.CCOS(=O)(=O)[O-]. The van der Waals surface area contributed by atoms with E-state index in [1.54, 1.807) is 0 Å². The van der Waals surface area contributed by atoms with Crippen molar-refractivity contribution in [2.75, 3.05) is 24.6 Å². The molecule has 7 heteroatoms. The van der Waals surface area contributed by atoms with Gasteiger partial charge in [0.15, 0.2) is 12.4 Å². The molecule has 0 atom stereocenters. The number of unbranched alkanes of at least 4 members (excludes halogenated alkanes) is 30. The van der Waals surface area contributed by atoms with Gasteiger partial charge in [-0.1, -0.05) is 231 Å². The third kappa shape index (κ3) is 35.4. The highest BCUT2D eigenvalue weighted by Crippen LogP contribution is 2.21. The van der Waals surface area contributed by atoms with Gasteiger partial charge in [0.1, 0.15) is 6.54 Å². The minimum Gasteiger partial charge on any atom is -0.726 e. The molecule has 0 aliphatic heterocycles. The van der Waals surface area contributed by atoms with Crippen LogP contribution < -0.4 is 9.47 Å². The second-order valence-electron chi connectivity index (χ2n) is 17.3. The Balaban J connectivity index is 0.00000235. The summed E-state index contributed by atoms with van der Waals surface area (Å²) >= 11 is 0. The monoisotopic (exact) mass is 855 g/mol. The molecule has 2 rings (SSSR count). The highest BCUT2D eigenvalue weighted by atomic mass is 32.3. The number of rotatable bonds is 40. The zero-order valence-corrected chi connectivity index (χ0v) is 40.5. The minimum atomic E-state index is -4.42. The van der Waals surface area contributed by atoms with Gasteiger partial charge < -0.3 is 9.45 Å². The zero-order valence-electron chi connectivity index (χ0n) is 39.7. The van der Waals surface area contributed by atoms with E-state index in [1.807, 2.05) is 0 Å². The third-order valence-corrected chi connectivity index (χ3v) is 12.4. The maximum Gasteiger partial charge on any atom is 0.217 e. The summed E-state index contributed by atoms with van der Waals surface area (Å²) in [6.45, 7) is 11.6. The molecular weight excluding hydrogens is 761 g/mol. The molecule has 0 amide bonds. The first-order chi connectivity index (χ1) is 29.3. The first-order valence-electron chi connectivity index (χ1n) is 25.4. The predicted molar refractivity (Wildman–Crippen MR) is 260 cm³/mol. The van der Waals surface area contributed by atoms with Gasteiger partial charge in [-0.2, -0.15) is 0 Å².